The second-order valence-corrected chi connectivity index (χ2v) is 8.80. The van der Waals surface area contributed by atoms with Gasteiger partial charge in [-0.25, -0.2) is 4.98 Å². The number of aromatic nitrogens is 3. The highest BCUT2D eigenvalue weighted by molar-refractivity contribution is 7.81. The number of imidazole rings is 1. The number of aryl methyl sites for hydroxylation is 1. The molecule has 0 radical (unpaired) electrons. The maximum absolute atomic E-state index is 10.9. The molecule has 0 aliphatic carbocycles. The molecule has 0 unspecified atom stereocenters. The molecule has 0 saturated heterocycles. The van der Waals surface area contributed by atoms with Gasteiger partial charge in [0.15, 0.2) is 0 Å². The molecule has 0 aliphatic heterocycles. The molecule has 172 valence electrons. The fourth-order valence-corrected chi connectivity index (χ4v) is 3.77. The van der Waals surface area contributed by atoms with Crippen molar-refractivity contribution >= 4 is 10.4 Å². The highest BCUT2D eigenvalue weighted by Gasteiger charge is 2.17. The first kappa shape index (κ1) is 24.2. The fraction of sp³-hybridized carbons (Fsp3) is 0.200. The number of aromatic amines is 1. The van der Waals surface area contributed by atoms with Crippen LogP contribution in [0, 0.1) is 6.92 Å². The number of hydrogen-bond donors (Lipinski definition) is 2. The lowest BCUT2D eigenvalue weighted by atomic mass is 10.0. The van der Waals surface area contributed by atoms with Crippen LogP contribution in [0.15, 0.2) is 66.7 Å². The van der Waals surface area contributed by atoms with E-state index in [1.54, 1.807) is 12.1 Å². The van der Waals surface area contributed by atoms with E-state index in [0.29, 0.717) is 0 Å². The lowest BCUT2D eigenvalue weighted by Gasteiger charge is -2.08. The molecule has 0 bridgehead atoms. The number of nitrogens with one attached hydrogen (secondary N) is 1. The Kier molecular flexibility index (Phi) is 7.00. The summed E-state index contributed by atoms with van der Waals surface area (Å²) in [6, 6.07) is 20.3. The summed E-state index contributed by atoms with van der Waals surface area (Å²) < 4.78 is 35.1. The Morgan fingerprint density at radius 3 is 2.21 bits per heavy atom. The van der Waals surface area contributed by atoms with Gasteiger partial charge in [0.1, 0.15) is 11.6 Å². The predicted molar refractivity (Wildman–Crippen MR) is 130 cm³/mol. The third-order valence-electron chi connectivity index (χ3n) is 4.94. The van der Waals surface area contributed by atoms with Crippen LogP contribution in [0.1, 0.15) is 38.7 Å². The summed E-state index contributed by atoms with van der Waals surface area (Å²) >= 11 is 0. The van der Waals surface area contributed by atoms with Gasteiger partial charge in [0.25, 0.3) is 0 Å². The van der Waals surface area contributed by atoms with Gasteiger partial charge in [-0.3, -0.25) is 9.54 Å². The van der Waals surface area contributed by atoms with Gasteiger partial charge in [0.05, 0.1) is 17.1 Å². The summed E-state index contributed by atoms with van der Waals surface area (Å²) in [7, 11) is -4.55. The smallest absolute Gasteiger partial charge is 0.362 e. The second kappa shape index (κ2) is 9.56. The van der Waals surface area contributed by atoms with E-state index in [4.69, 9.17) is 9.54 Å². The maximum Gasteiger partial charge on any atom is 0.446 e. The van der Waals surface area contributed by atoms with Crippen LogP contribution in [0.3, 0.4) is 0 Å². The highest BCUT2D eigenvalue weighted by Crippen LogP contribution is 2.33. The molecular weight excluding hydrogens is 438 g/mol. The second-order valence-electron chi connectivity index (χ2n) is 7.78. The molecule has 0 saturated carbocycles. The van der Waals surface area contributed by atoms with Crippen molar-refractivity contribution in [2.24, 2.45) is 0 Å². The summed E-state index contributed by atoms with van der Waals surface area (Å²) in [6.07, 6.45) is 0. The maximum atomic E-state index is 10.9. The van der Waals surface area contributed by atoms with Crippen LogP contribution in [0.5, 0.6) is 5.75 Å². The number of hydrogen-bond acceptors (Lipinski definition) is 5. The van der Waals surface area contributed by atoms with Gasteiger partial charge < -0.3 is 9.17 Å². The van der Waals surface area contributed by atoms with E-state index < -0.39 is 10.4 Å². The van der Waals surface area contributed by atoms with Crippen molar-refractivity contribution in [1.82, 2.24) is 15.0 Å². The average molecular weight is 466 g/mol. The minimum absolute atomic E-state index is 0. The Hall–Kier alpha value is -3.49. The molecule has 4 aromatic rings. The molecule has 7 nitrogen and oxygen atoms in total. The van der Waals surface area contributed by atoms with Gasteiger partial charge in [-0.1, -0.05) is 57.7 Å². The Bertz CT molecular complexity index is 1360. The molecule has 0 amide bonds. The summed E-state index contributed by atoms with van der Waals surface area (Å²) in [5.74, 6) is 1.15. The largest absolute Gasteiger partial charge is 0.446 e. The van der Waals surface area contributed by atoms with Crippen molar-refractivity contribution in [2.45, 2.75) is 34.1 Å². The lowest BCUT2D eigenvalue weighted by Crippen LogP contribution is -2.06. The number of H-pyrrole nitrogens is 1. The van der Waals surface area contributed by atoms with E-state index in [2.05, 4.69) is 28.0 Å². The highest BCUT2D eigenvalue weighted by atomic mass is 32.3. The Morgan fingerprint density at radius 1 is 0.909 bits per heavy atom. The molecule has 4 rings (SSSR count). The van der Waals surface area contributed by atoms with Crippen LogP contribution in [0.25, 0.3) is 33.8 Å². The van der Waals surface area contributed by atoms with Crippen LogP contribution < -0.4 is 4.18 Å². The van der Waals surface area contributed by atoms with Crippen LogP contribution >= 0.6 is 0 Å². The third-order valence-corrected chi connectivity index (χ3v) is 5.34. The van der Waals surface area contributed by atoms with Crippen molar-refractivity contribution in [3.63, 3.8) is 0 Å². The van der Waals surface area contributed by atoms with E-state index in [1.165, 1.54) is 12.1 Å². The van der Waals surface area contributed by atoms with Crippen LogP contribution in [0.2, 0.25) is 0 Å². The SMILES string of the molecule is C.Cc1cccc(-c2[nH]c(C(C)C)nc2-c2cccc(-c3ccc(OS(=O)(=O)O)cc3)c2)n1. The first-order valence-corrected chi connectivity index (χ1v) is 11.5. The van der Waals surface area contributed by atoms with Gasteiger partial charge in [-0.05, 0) is 48.4 Å². The zero-order valence-corrected chi connectivity index (χ0v) is 18.7. The van der Waals surface area contributed by atoms with E-state index in [9.17, 15) is 8.42 Å². The van der Waals surface area contributed by atoms with Crippen molar-refractivity contribution in [3.05, 3.63) is 78.2 Å². The van der Waals surface area contributed by atoms with E-state index in [-0.39, 0.29) is 19.1 Å². The monoisotopic (exact) mass is 465 g/mol. The number of benzene rings is 2. The zero-order chi connectivity index (χ0) is 22.9. The topological polar surface area (TPSA) is 105 Å². The molecule has 0 atom stereocenters. The first-order chi connectivity index (χ1) is 15.2. The fourth-order valence-electron chi connectivity index (χ4n) is 3.41. The molecule has 2 aromatic heterocycles. The standard InChI is InChI=1S/C24H23N3O4S.CH4/c1-15(2)24-26-22(23(27-24)21-9-4-6-16(3)25-21)19-8-5-7-18(14-19)17-10-12-20(13-11-17)31-32(28,29)30;/h4-15H,1-3H3,(H,26,27)(H,28,29,30);1H4. The summed E-state index contributed by atoms with van der Waals surface area (Å²) in [5, 5.41) is 0. The molecule has 0 aliphatic rings. The van der Waals surface area contributed by atoms with E-state index >= 15 is 0 Å². The summed E-state index contributed by atoms with van der Waals surface area (Å²) in [5.41, 5.74) is 6.17. The Balaban J connectivity index is 0.00000306. The molecule has 2 aromatic carbocycles. The van der Waals surface area contributed by atoms with E-state index in [1.807, 2.05) is 49.4 Å². The van der Waals surface area contributed by atoms with Gasteiger partial charge in [0.2, 0.25) is 0 Å². The molecule has 0 spiro atoms. The first-order valence-electron chi connectivity index (χ1n) is 10.1. The van der Waals surface area contributed by atoms with E-state index in [0.717, 1.165) is 45.3 Å². The van der Waals surface area contributed by atoms with Crippen LogP contribution in [0.4, 0.5) is 0 Å². The molecule has 8 heteroatoms. The molecule has 2 heterocycles. The van der Waals surface area contributed by atoms with Gasteiger partial charge in [0, 0.05) is 17.2 Å². The van der Waals surface area contributed by atoms with Gasteiger partial charge in [-0.15, -0.1) is 0 Å². The third kappa shape index (κ3) is 5.66. The van der Waals surface area contributed by atoms with Crippen molar-refractivity contribution in [1.29, 1.82) is 0 Å². The van der Waals surface area contributed by atoms with Gasteiger partial charge >= 0.3 is 10.4 Å². The number of nitrogens with zero attached hydrogens (tertiary/aromatic N) is 2. The quantitative estimate of drug-likeness (QED) is 0.336. The summed E-state index contributed by atoms with van der Waals surface area (Å²) in [4.78, 5) is 13.0. The Labute approximate surface area is 194 Å². The minimum Gasteiger partial charge on any atom is -0.362 e. The molecular formula is C25H27N3O4S. The van der Waals surface area contributed by atoms with Crippen LogP contribution in [-0.2, 0) is 10.4 Å². The van der Waals surface area contributed by atoms with Crippen molar-refractivity contribution in [2.75, 3.05) is 0 Å². The lowest BCUT2D eigenvalue weighted by molar-refractivity contribution is 0.387. The predicted octanol–water partition coefficient (Wildman–Crippen LogP) is 6.06. The minimum atomic E-state index is -4.55. The molecule has 2 N–H and O–H groups in total. The molecule has 0 fully saturated rings. The van der Waals surface area contributed by atoms with Crippen LogP contribution in [-0.4, -0.2) is 27.9 Å². The van der Waals surface area contributed by atoms with Gasteiger partial charge in [-0.2, -0.15) is 8.42 Å². The van der Waals surface area contributed by atoms with Crippen molar-refractivity contribution < 1.29 is 17.2 Å². The number of rotatable bonds is 6. The number of pyridine rings is 1. The zero-order valence-electron chi connectivity index (χ0n) is 17.9. The Morgan fingerprint density at radius 2 is 1.58 bits per heavy atom. The average Bonchev–Trinajstić information content (AvgIpc) is 3.19. The summed E-state index contributed by atoms with van der Waals surface area (Å²) in [6.45, 7) is 6.13. The normalized spacial score (nSPS) is 11.3. The van der Waals surface area contributed by atoms with Crippen molar-refractivity contribution in [3.8, 4) is 39.5 Å². The molecule has 33 heavy (non-hydrogen) atoms.